The van der Waals surface area contributed by atoms with Gasteiger partial charge in [-0.2, -0.15) is 0 Å². The third-order valence-corrected chi connectivity index (χ3v) is 6.30. The van der Waals surface area contributed by atoms with Crippen LogP contribution in [0.25, 0.3) is 0 Å². The van der Waals surface area contributed by atoms with Crippen LogP contribution in [0.5, 0.6) is 0 Å². The maximum Gasteiger partial charge on any atom is 0.255 e. The molecule has 1 N–H and O–H groups in total. The van der Waals surface area contributed by atoms with Crippen molar-refractivity contribution in [2.24, 2.45) is 11.8 Å². The average molecular weight is 420 g/mol. The number of aryl methyl sites for hydroxylation is 1. The number of nitrogens with one attached hydrogen (secondary N) is 1. The molecule has 6 heteroatoms. The molecule has 4 rings (SSSR count). The first-order valence-corrected chi connectivity index (χ1v) is 11.0. The van der Waals surface area contributed by atoms with E-state index in [0.717, 1.165) is 37.2 Å². The second-order valence-corrected chi connectivity index (χ2v) is 8.78. The highest BCUT2D eigenvalue weighted by molar-refractivity contribution is 6.06. The van der Waals surface area contributed by atoms with E-state index in [4.69, 9.17) is 0 Å². The SMILES string of the molecule is Cc1ccc(NC(=O)c2cccc(N3CC(C(=O)N4CCC(C)CC4)CC3=O)c2)cc1. The van der Waals surface area contributed by atoms with Crippen LogP contribution in [0.4, 0.5) is 11.4 Å². The van der Waals surface area contributed by atoms with Crippen molar-refractivity contribution in [3.63, 3.8) is 0 Å². The molecule has 2 aromatic rings. The predicted molar refractivity (Wildman–Crippen MR) is 121 cm³/mol. The number of nitrogens with zero attached hydrogens (tertiary/aromatic N) is 2. The fourth-order valence-corrected chi connectivity index (χ4v) is 4.26. The third-order valence-electron chi connectivity index (χ3n) is 6.30. The largest absolute Gasteiger partial charge is 0.342 e. The number of anilines is 2. The predicted octanol–water partition coefficient (Wildman–Crippen LogP) is 3.86. The Hall–Kier alpha value is -3.15. The molecule has 3 amide bonds. The first kappa shape index (κ1) is 21.1. The molecule has 1 unspecified atom stereocenters. The molecule has 0 saturated carbocycles. The Labute approximate surface area is 183 Å². The van der Waals surface area contributed by atoms with Gasteiger partial charge in [0.25, 0.3) is 5.91 Å². The lowest BCUT2D eigenvalue weighted by Crippen LogP contribution is -2.42. The van der Waals surface area contributed by atoms with Crippen molar-refractivity contribution in [2.45, 2.75) is 33.1 Å². The van der Waals surface area contributed by atoms with E-state index >= 15 is 0 Å². The summed E-state index contributed by atoms with van der Waals surface area (Å²) in [5.41, 5.74) is 2.98. The average Bonchev–Trinajstić information content (AvgIpc) is 3.17. The van der Waals surface area contributed by atoms with Crippen LogP contribution in [-0.2, 0) is 9.59 Å². The molecule has 2 fully saturated rings. The van der Waals surface area contributed by atoms with Crippen molar-refractivity contribution in [2.75, 3.05) is 29.9 Å². The monoisotopic (exact) mass is 419 g/mol. The molecule has 2 aromatic carbocycles. The van der Waals surface area contributed by atoms with Gasteiger partial charge in [0, 0.05) is 43.0 Å². The summed E-state index contributed by atoms with van der Waals surface area (Å²) >= 11 is 0. The van der Waals surface area contributed by atoms with Crippen LogP contribution in [-0.4, -0.2) is 42.3 Å². The molecule has 0 aliphatic carbocycles. The highest BCUT2D eigenvalue weighted by atomic mass is 16.2. The molecule has 0 aromatic heterocycles. The molecule has 162 valence electrons. The van der Waals surface area contributed by atoms with Crippen molar-refractivity contribution >= 4 is 29.1 Å². The summed E-state index contributed by atoms with van der Waals surface area (Å²) in [6.07, 6.45) is 2.27. The molecule has 1 atom stereocenters. The van der Waals surface area contributed by atoms with Gasteiger partial charge in [0.05, 0.1) is 5.92 Å². The molecular formula is C25H29N3O3. The zero-order valence-corrected chi connectivity index (χ0v) is 18.1. The molecule has 6 nitrogen and oxygen atoms in total. The molecule has 0 bridgehead atoms. The van der Waals surface area contributed by atoms with Crippen LogP contribution in [0.2, 0.25) is 0 Å². The maximum absolute atomic E-state index is 12.9. The number of hydrogen-bond donors (Lipinski definition) is 1. The smallest absolute Gasteiger partial charge is 0.255 e. The van der Waals surface area contributed by atoms with Crippen molar-refractivity contribution in [3.8, 4) is 0 Å². The van der Waals surface area contributed by atoms with Crippen molar-refractivity contribution in [1.29, 1.82) is 0 Å². The highest BCUT2D eigenvalue weighted by Gasteiger charge is 2.38. The lowest BCUT2D eigenvalue weighted by Gasteiger charge is -2.32. The van der Waals surface area contributed by atoms with Crippen molar-refractivity contribution in [1.82, 2.24) is 4.90 Å². The van der Waals surface area contributed by atoms with Crippen LogP contribution in [0.15, 0.2) is 48.5 Å². The summed E-state index contributed by atoms with van der Waals surface area (Å²) in [6.45, 7) is 6.13. The summed E-state index contributed by atoms with van der Waals surface area (Å²) in [4.78, 5) is 41.8. The molecule has 31 heavy (non-hydrogen) atoms. The van der Waals surface area contributed by atoms with E-state index in [-0.39, 0.29) is 30.1 Å². The molecule has 0 radical (unpaired) electrons. The Morgan fingerprint density at radius 2 is 1.74 bits per heavy atom. The molecule has 2 saturated heterocycles. The van der Waals surface area contributed by atoms with E-state index in [1.807, 2.05) is 42.2 Å². The van der Waals surface area contributed by atoms with E-state index in [0.29, 0.717) is 23.7 Å². The molecule has 2 aliphatic heterocycles. The van der Waals surface area contributed by atoms with E-state index in [2.05, 4.69) is 12.2 Å². The van der Waals surface area contributed by atoms with Crippen LogP contribution < -0.4 is 10.2 Å². The molecule has 2 aliphatic rings. The molecule has 2 heterocycles. The van der Waals surface area contributed by atoms with Crippen molar-refractivity contribution < 1.29 is 14.4 Å². The minimum Gasteiger partial charge on any atom is -0.342 e. The zero-order valence-electron chi connectivity index (χ0n) is 18.1. The van der Waals surface area contributed by atoms with Gasteiger partial charge in [-0.25, -0.2) is 0 Å². The topological polar surface area (TPSA) is 69.7 Å². The number of piperidine rings is 1. The van der Waals surface area contributed by atoms with E-state index in [1.54, 1.807) is 23.1 Å². The quantitative estimate of drug-likeness (QED) is 0.818. The van der Waals surface area contributed by atoms with Crippen LogP contribution in [0, 0.1) is 18.8 Å². The number of carbonyl (C=O) groups excluding carboxylic acids is 3. The van der Waals surface area contributed by atoms with Crippen LogP contribution >= 0.6 is 0 Å². The summed E-state index contributed by atoms with van der Waals surface area (Å²) in [7, 11) is 0. The number of benzene rings is 2. The standard InChI is InChI=1S/C25H29N3O3/c1-17-6-8-21(9-7-17)26-24(30)19-4-3-5-22(14-19)28-16-20(15-23(28)29)25(31)27-12-10-18(2)11-13-27/h3-9,14,18,20H,10-13,15-16H2,1-2H3,(H,26,30). The zero-order chi connectivity index (χ0) is 22.0. The fraction of sp³-hybridized carbons (Fsp3) is 0.400. The Balaban J connectivity index is 1.43. The van der Waals surface area contributed by atoms with Gasteiger partial charge >= 0.3 is 0 Å². The number of rotatable bonds is 4. The fourth-order valence-electron chi connectivity index (χ4n) is 4.26. The first-order chi connectivity index (χ1) is 14.9. The number of likely N-dealkylation sites (tertiary alicyclic amines) is 1. The third kappa shape index (κ3) is 4.79. The second-order valence-electron chi connectivity index (χ2n) is 8.78. The highest BCUT2D eigenvalue weighted by Crippen LogP contribution is 2.28. The Morgan fingerprint density at radius 3 is 2.45 bits per heavy atom. The van der Waals surface area contributed by atoms with Crippen LogP contribution in [0.3, 0.4) is 0 Å². The number of amides is 3. The second kappa shape index (κ2) is 8.92. The lowest BCUT2D eigenvalue weighted by atomic mass is 9.97. The summed E-state index contributed by atoms with van der Waals surface area (Å²) in [5, 5.41) is 2.88. The van der Waals surface area contributed by atoms with Gasteiger partial charge in [-0.3, -0.25) is 14.4 Å². The summed E-state index contributed by atoms with van der Waals surface area (Å²) in [6, 6.07) is 14.6. The van der Waals surface area contributed by atoms with E-state index < -0.39 is 0 Å². The lowest BCUT2D eigenvalue weighted by molar-refractivity contribution is -0.137. The summed E-state index contributed by atoms with van der Waals surface area (Å²) < 4.78 is 0. The van der Waals surface area contributed by atoms with Gasteiger partial charge in [-0.05, 0) is 56.0 Å². The van der Waals surface area contributed by atoms with Crippen LogP contribution in [0.1, 0.15) is 42.1 Å². The van der Waals surface area contributed by atoms with Crippen molar-refractivity contribution in [3.05, 3.63) is 59.7 Å². The van der Waals surface area contributed by atoms with Gasteiger partial charge in [-0.15, -0.1) is 0 Å². The minimum absolute atomic E-state index is 0.0696. The van der Waals surface area contributed by atoms with Gasteiger partial charge < -0.3 is 15.1 Å². The van der Waals surface area contributed by atoms with Gasteiger partial charge in [-0.1, -0.05) is 30.7 Å². The number of carbonyl (C=O) groups is 3. The Morgan fingerprint density at radius 1 is 1.03 bits per heavy atom. The van der Waals surface area contributed by atoms with E-state index in [9.17, 15) is 14.4 Å². The van der Waals surface area contributed by atoms with Gasteiger partial charge in [0.2, 0.25) is 11.8 Å². The Bertz CT molecular complexity index is 978. The molecule has 0 spiro atoms. The normalized spacial score (nSPS) is 19.5. The first-order valence-electron chi connectivity index (χ1n) is 11.0. The molecular weight excluding hydrogens is 390 g/mol. The van der Waals surface area contributed by atoms with Gasteiger partial charge in [0.15, 0.2) is 0 Å². The summed E-state index contributed by atoms with van der Waals surface area (Å²) in [5.74, 6) is 0.119. The van der Waals surface area contributed by atoms with Gasteiger partial charge in [0.1, 0.15) is 0 Å². The Kier molecular flexibility index (Phi) is 6.07. The minimum atomic E-state index is -0.314. The number of hydrogen-bond acceptors (Lipinski definition) is 3. The van der Waals surface area contributed by atoms with E-state index in [1.165, 1.54) is 0 Å². The maximum atomic E-state index is 12.9.